The highest BCUT2D eigenvalue weighted by molar-refractivity contribution is 5.28. The Hall–Kier alpha value is -1.67. The third kappa shape index (κ3) is 2.77. The van der Waals surface area contributed by atoms with E-state index in [1.807, 2.05) is 24.3 Å². The molecule has 2 aromatic rings. The Labute approximate surface area is 107 Å². The first-order valence-corrected chi connectivity index (χ1v) is 6.28. The molecule has 18 heavy (non-hydrogen) atoms. The van der Waals surface area contributed by atoms with E-state index in [9.17, 15) is 4.39 Å². The summed E-state index contributed by atoms with van der Waals surface area (Å²) in [5.41, 5.74) is 8.34. The molecule has 0 aromatic heterocycles. The summed E-state index contributed by atoms with van der Waals surface area (Å²) in [6, 6.07) is 16.6. The van der Waals surface area contributed by atoms with Gasteiger partial charge in [-0.05, 0) is 29.7 Å². The summed E-state index contributed by atoms with van der Waals surface area (Å²) >= 11 is 0. The van der Waals surface area contributed by atoms with Crippen molar-refractivity contribution in [2.24, 2.45) is 5.73 Å². The minimum atomic E-state index is -0.231. The number of rotatable bonds is 4. The minimum Gasteiger partial charge on any atom is -0.323 e. The van der Waals surface area contributed by atoms with E-state index < -0.39 is 0 Å². The van der Waals surface area contributed by atoms with Crippen molar-refractivity contribution in [2.45, 2.75) is 25.3 Å². The lowest BCUT2D eigenvalue weighted by atomic mass is 9.86. The molecule has 2 aromatic carbocycles. The molecule has 2 N–H and O–H groups in total. The van der Waals surface area contributed by atoms with E-state index in [0.29, 0.717) is 0 Å². The van der Waals surface area contributed by atoms with Crippen molar-refractivity contribution in [1.29, 1.82) is 0 Å². The van der Waals surface area contributed by atoms with E-state index in [4.69, 9.17) is 5.73 Å². The van der Waals surface area contributed by atoms with E-state index in [0.717, 1.165) is 12.0 Å². The van der Waals surface area contributed by atoms with Gasteiger partial charge < -0.3 is 5.73 Å². The van der Waals surface area contributed by atoms with Gasteiger partial charge in [0.25, 0.3) is 0 Å². The van der Waals surface area contributed by atoms with E-state index >= 15 is 0 Å². The normalized spacial score (nSPS) is 14.2. The zero-order valence-electron chi connectivity index (χ0n) is 10.5. The van der Waals surface area contributed by atoms with E-state index in [1.54, 1.807) is 6.07 Å². The van der Waals surface area contributed by atoms with Crippen LogP contribution >= 0.6 is 0 Å². The van der Waals surface area contributed by atoms with Crippen molar-refractivity contribution in [1.82, 2.24) is 0 Å². The Morgan fingerprint density at radius 2 is 1.67 bits per heavy atom. The summed E-state index contributed by atoms with van der Waals surface area (Å²) in [5.74, 6) is -0.0149. The summed E-state index contributed by atoms with van der Waals surface area (Å²) < 4.78 is 13.2. The summed E-state index contributed by atoms with van der Waals surface area (Å²) in [6.45, 7) is 2.11. The van der Waals surface area contributed by atoms with Crippen LogP contribution < -0.4 is 5.73 Å². The maximum atomic E-state index is 13.2. The lowest BCUT2D eigenvalue weighted by molar-refractivity contribution is 0.534. The summed E-state index contributed by atoms with van der Waals surface area (Å²) in [6.07, 6.45) is 0.932. The molecule has 0 aliphatic heterocycles. The molecule has 0 radical (unpaired) electrons. The monoisotopic (exact) mass is 243 g/mol. The Kier molecular flexibility index (Phi) is 4.11. The average Bonchev–Trinajstić information content (AvgIpc) is 2.41. The standard InChI is InChI=1S/C16H18FN/c1-2-15(12-7-4-3-5-8-12)16(18)13-9-6-10-14(17)11-13/h3-11,15-16H,2,18H2,1H3. The van der Waals surface area contributed by atoms with E-state index in [-0.39, 0.29) is 17.8 Å². The predicted octanol–water partition coefficient (Wildman–Crippen LogP) is 4.02. The maximum absolute atomic E-state index is 13.2. The quantitative estimate of drug-likeness (QED) is 0.862. The van der Waals surface area contributed by atoms with Crippen molar-refractivity contribution in [3.8, 4) is 0 Å². The van der Waals surface area contributed by atoms with Crippen LogP contribution in [-0.4, -0.2) is 0 Å². The number of hydrogen-bond donors (Lipinski definition) is 1. The van der Waals surface area contributed by atoms with Crippen molar-refractivity contribution < 1.29 is 4.39 Å². The maximum Gasteiger partial charge on any atom is 0.123 e. The smallest absolute Gasteiger partial charge is 0.123 e. The van der Waals surface area contributed by atoms with Gasteiger partial charge in [0.1, 0.15) is 5.82 Å². The lowest BCUT2D eigenvalue weighted by Gasteiger charge is -2.23. The fourth-order valence-electron chi connectivity index (χ4n) is 2.34. The molecule has 0 fully saturated rings. The third-order valence-corrected chi connectivity index (χ3v) is 3.33. The minimum absolute atomic E-state index is 0.173. The molecule has 0 spiro atoms. The molecule has 2 unspecified atom stereocenters. The van der Waals surface area contributed by atoms with Crippen LogP contribution in [0.5, 0.6) is 0 Å². The van der Waals surface area contributed by atoms with Gasteiger partial charge in [0.05, 0.1) is 0 Å². The zero-order valence-corrected chi connectivity index (χ0v) is 10.5. The molecule has 0 aliphatic carbocycles. The summed E-state index contributed by atoms with van der Waals surface area (Å²) in [5, 5.41) is 0. The van der Waals surface area contributed by atoms with Gasteiger partial charge in [0.15, 0.2) is 0 Å². The molecule has 0 bridgehead atoms. The topological polar surface area (TPSA) is 26.0 Å². The van der Waals surface area contributed by atoms with E-state index in [1.165, 1.54) is 17.7 Å². The van der Waals surface area contributed by atoms with Gasteiger partial charge >= 0.3 is 0 Å². The Morgan fingerprint density at radius 1 is 1.00 bits per heavy atom. The Morgan fingerprint density at radius 3 is 2.28 bits per heavy atom. The van der Waals surface area contributed by atoms with Crippen LogP contribution in [-0.2, 0) is 0 Å². The molecule has 0 saturated carbocycles. The van der Waals surface area contributed by atoms with Crippen LogP contribution in [0.15, 0.2) is 54.6 Å². The first-order valence-electron chi connectivity index (χ1n) is 6.28. The second-order valence-corrected chi connectivity index (χ2v) is 4.51. The van der Waals surface area contributed by atoms with Crippen LogP contribution in [0.25, 0.3) is 0 Å². The molecular formula is C16H18FN. The van der Waals surface area contributed by atoms with Crippen molar-refractivity contribution in [2.75, 3.05) is 0 Å². The van der Waals surface area contributed by atoms with Crippen LogP contribution in [0, 0.1) is 5.82 Å². The second kappa shape index (κ2) is 5.78. The molecule has 1 nitrogen and oxygen atoms in total. The van der Waals surface area contributed by atoms with Crippen molar-refractivity contribution in [3.05, 3.63) is 71.5 Å². The fraction of sp³-hybridized carbons (Fsp3) is 0.250. The Balaban J connectivity index is 2.28. The molecule has 0 aliphatic rings. The summed E-state index contributed by atoms with van der Waals surface area (Å²) in [7, 11) is 0. The first-order chi connectivity index (χ1) is 8.72. The molecule has 2 rings (SSSR count). The van der Waals surface area contributed by atoms with E-state index in [2.05, 4.69) is 19.1 Å². The van der Waals surface area contributed by atoms with Gasteiger partial charge in [-0.2, -0.15) is 0 Å². The van der Waals surface area contributed by atoms with Gasteiger partial charge in [-0.15, -0.1) is 0 Å². The lowest BCUT2D eigenvalue weighted by Crippen LogP contribution is -2.19. The number of halogens is 1. The van der Waals surface area contributed by atoms with Crippen LogP contribution in [0.4, 0.5) is 4.39 Å². The van der Waals surface area contributed by atoms with Gasteiger partial charge in [0, 0.05) is 12.0 Å². The van der Waals surface area contributed by atoms with Gasteiger partial charge in [-0.3, -0.25) is 0 Å². The number of hydrogen-bond acceptors (Lipinski definition) is 1. The summed E-state index contributed by atoms with van der Waals surface area (Å²) in [4.78, 5) is 0. The van der Waals surface area contributed by atoms with Crippen molar-refractivity contribution in [3.63, 3.8) is 0 Å². The third-order valence-electron chi connectivity index (χ3n) is 3.33. The predicted molar refractivity (Wildman–Crippen MR) is 72.8 cm³/mol. The fourth-order valence-corrected chi connectivity index (χ4v) is 2.34. The number of benzene rings is 2. The van der Waals surface area contributed by atoms with Crippen LogP contribution in [0.2, 0.25) is 0 Å². The van der Waals surface area contributed by atoms with Crippen molar-refractivity contribution >= 4 is 0 Å². The van der Waals surface area contributed by atoms with Gasteiger partial charge in [-0.25, -0.2) is 4.39 Å². The highest BCUT2D eigenvalue weighted by Gasteiger charge is 2.19. The molecule has 2 heteroatoms. The zero-order chi connectivity index (χ0) is 13.0. The van der Waals surface area contributed by atoms with Crippen LogP contribution in [0.3, 0.4) is 0 Å². The molecule has 2 atom stereocenters. The largest absolute Gasteiger partial charge is 0.323 e. The van der Waals surface area contributed by atoms with Gasteiger partial charge in [0.2, 0.25) is 0 Å². The second-order valence-electron chi connectivity index (χ2n) is 4.51. The van der Waals surface area contributed by atoms with Gasteiger partial charge in [-0.1, -0.05) is 49.4 Å². The Bertz CT molecular complexity index is 495. The van der Waals surface area contributed by atoms with Crippen LogP contribution in [0.1, 0.15) is 36.4 Å². The first kappa shape index (κ1) is 12.8. The molecule has 0 amide bonds. The molecular weight excluding hydrogens is 225 g/mol. The number of nitrogens with two attached hydrogens (primary N) is 1. The molecule has 0 saturated heterocycles. The molecule has 0 heterocycles. The molecule has 94 valence electrons. The highest BCUT2D eigenvalue weighted by Crippen LogP contribution is 2.31. The average molecular weight is 243 g/mol. The highest BCUT2D eigenvalue weighted by atomic mass is 19.1. The SMILES string of the molecule is CCC(c1ccccc1)C(N)c1cccc(F)c1.